The first-order valence-corrected chi connectivity index (χ1v) is 7.17. The number of fused-ring (bicyclic) bond motifs is 1. The van der Waals surface area contributed by atoms with Crippen LogP contribution in [0, 0.1) is 6.92 Å². The number of H-pyrrole nitrogens is 1. The van der Waals surface area contributed by atoms with Gasteiger partial charge in [0.1, 0.15) is 6.54 Å². The monoisotopic (exact) mass is 299 g/mol. The van der Waals surface area contributed by atoms with E-state index in [4.69, 9.17) is 0 Å². The van der Waals surface area contributed by atoms with Gasteiger partial charge in [-0.1, -0.05) is 18.2 Å². The molecule has 1 atom stereocenters. The number of rotatable bonds is 2. The molecule has 0 radical (unpaired) electrons. The van der Waals surface area contributed by atoms with E-state index >= 15 is 0 Å². The van der Waals surface area contributed by atoms with Gasteiger partial charge in [-0.25, -0.2) is 4.79 Å². The van der Waals surface area contributed by atoms with Crippen LogP contribution in [-0.4, -0.2) is 21.5 Å². The predicted octanol–water partition coefficient (Wildman–Crippen LogP) is 0.823. The number of carbonyl (C=O) groups excluding carboxylic acids is 1. The van der Waals surface area contributed by atoms with Crippen molar-refractivity contribution >= 4 is 11.6 Å². The lowest BCUT2D eigenvalue weighted by Gasteiger charge is -2.23. The van der Waals surface area contributed by atoms with Crippen molar-refractivity contribution in [3.8, 4) is 0 Å². The third-order valence-corrected chi connectivity index (χ3v) is 3.97. The van der Waals surface area contributed by atoms with Crippen molar-refractivity contribution in [2.24, 2.45) is 0 Å². The molecular weight excluding hydrogens is 282 g/mol. The molecule has 0 aliphatic carbocycles. The minimum Gasteiger partial charge on any atom is -0.307 e. The topological polar surface area (TPSA) is 75.2 Å². The third kappa shape index (κ3) is 2.36. The van der Waals surface area contributed by atoms with Gasteiger partial charge >= 0.3 is 5.69 Å². The first-order chi connectivity index (χ1) is 10.5. The zero-order valence-electron chi connectivity index (χ0n) is 12.5. The summed E-state index contributed by atoms with van der Waals surface area (Å²) in [7, 11) is 0. The number of benzene rings is 1. The lowest BCUT2D eigenvalue weighted by atomic mass is 10.1. The number of aryl methyl sites for hydroxylation is 1. The molecule has 2 aromatic rings. The summed E-state index contributed by atoms with van der Waals surface area (Å²) in [6.45, 7) is 3.50. The molecule has 1 aromatic carbocycles. The quantitative estimate of drug-likeness (QED) is 0.892. The standard InChI is InChI=1S/C16H17N3O3/c1-10-8-18(16(22)17-15(10)21)9-14(20)19-11(2)7-12-5-3-4-6-13(12)19/h3-6,8,11H,7,9H2,1-2H3,(H,17,21,22)/t11-/m0/s1. The van der Waals surface area contributed by atoms with Crippen LogP contribution in [0.25, 0.3) is 0 Å². The second kappa shape index (κ2) is 5.29. The molecule has 1 amide bonds. The fourth-order valence-corrected chi connectivity index (χ4v) is 2.90. The molecule has 22 heavy (non-hydrogen) atoms. The van der Waals surface area contributed by atoms with Gasteiger partial charge in [0.15, 0.2) is 0 Å². The summed E-state index contributed by atoms with van der Waals surface area (Å²) in [6.07, 6.45) is 2.23. The summed E-state index contributed by atoms with van der Waals surface area (Å²) < 4.78 is 1.24. The first kappa shape index (κ1) is 14.3. The molecular formula is C16H17N3O3. The fraction of sp³-hybridized carbons (Fsp3) is 0.312. The van der Waals surface area contributed by atoms with E-state index in [1.165, 1.54) is 10.8 Å². The lowest BCUT2D eigenvalue weighted by Crippen LogP contribution is -2.41. The van der Waals surface area contributed by atoms with Crippen LogP contribution in [0.1, 0.15) is 18.1 Å². The molecule has 6 heteroatoms. The van der Waals surface area contributed by atoms with Crippen molar-refractivity contribution in [2.75, 3.05) is 4.90 Å². The Morgan fingerprint density at radius 3 is 2.82 bits per heavy atom. The van der Waals surface area contributed by atoms with Crippen molar-refractivity contribution in [1.82, 2.24) is 9.55 Å². The van der Waals surface area contributed by atoms with Crippen LogP contribution in [0.15, 0.2) is 40.1 Å². The first-order valence-electron chi connectivity index (χ1n) is 7.17. The maximum atomic E-state index is 12.6. The molecule has 2 heterocycles. The molecule has 0 bridgehead atoms. The summed E-state index contributed by atoms with van der Waals surface area (Å²) in [4.78, 5) is 39.7. The zero-order chi connectivity index (χ0) is 15.9. The molecule has 0 spiro atoms. The van der Waals surface area contributed by atoms with Gasteiger partial charge in [-0.05, 0) is 31.9 Å². The zero-order valence-corrected chi connectivity index (χ0v) is 12.5. The Bertz CT molecular complexity index is 850. The SMILES string of the molecule is Cc1cn(CC(=O)N2c3ccccc3C[C@@H]2C)c(=O)[nH]c1=O. The molecule has 0 saturated heterocycles. The van der Waals surface area contributed by atoms with E-state index in [0.717, 1.165) is 17.7 Å². The van der Waals surface area contributed by atoms with E-state index in [0.29, 0.717) is 5.56 Å². The van der Waals surface area contributed by atoms with Gasteiger partial charge < -0.3 is 4.90 Å². The third-order valence-electron chi connectivity index (χ3n) is 3.97. The highest BCUT2D eigenvalue weighted by molar-refractivity contribution is 5.96. The van der Waals surface area contributed by atoms with Crippen molar-refractivity contribution in [1.29, 1.82) is 0 Å². The lowest BCUT2D eigenvalue weighted by molar-refractivity contribution is -0.119. The Labute approximate surface area is 127 Å². The highest BCUT2D eigenvalue weighted by Gasteiger charge is 2.30. The molecule has 1 aliphatic rings. The van der Waals surface area contributed by atoms with Crippen molar-refractivity contribution in [2.45, 2.75) is 32.9 Å². The van der Waals surface area contributed by atoms with Gasteiger partial charge in [0, 0.05) is 23.5 Å². The van der Waals surface area contributed by atoms with Crippen LogP contribution in [0.5, 0.6) is 0 Å². The number of para-hydroxylation sites is 1. The molecule has 114 valence electrons. The number of hydrogen-bond acceptors (Lipinski definition) is 3. The van der Waals surface area contributed by atoms with Gasteiger partial charge in [-0.15, -0.1) is 0 Å². The fourth-order valence-electron chi connectivity index (χ4n) is 2.90. The number of nitrogens with zero attached hydrogens (tertiary/aromatic N) is 2. The van der Waals surface area contributed by atoms with Gasteiger partial charge in [-0.3, -0.25) is 19.1 Å². The minimum atomic E-state index is -0.566. The van der Waals surface area contributed by atoms with E-state index in [9.17, 15) is 14.4 Å². The summed E-state index contributed by atoms with van der Waals surface area (Å²) in [5.74, 6) is -0.161. The Morgan fingerprint density at radius 1 is 1.32 bits per heavy atom. The van der Waals surface area contributed by atoms with Gasteiger partial charge in [0.2, 0.25) is 5.91 Å². The summed E-state index contributed by atoms with van der Waals surface area (Å²) in [5.41, 5.74) is 1.45. The van der Waals surface area contributed by atoms with Crippen LogP contribution in [0.4, 0.5) is 5.69 Å². The highest BCUT2D eigenvalue weighted by Crippen LogP contribution is 2.31. The Hall–Kier alpha value is -2.63. The Balaban J connectivity index is 1.91. The van der Waals surface area contributed by atoms with Gasteiger partial charge in [-0.2, -0.15) is 0 Å². The van der Waals surface area contributed by atoms with Crippen LogP contribution < -0.4 is 16.1 Å². The molecule has 6 nitrogen and oxygen atoms in total. The highest BCUT2D eigenvalue weighted by atomic mass is 16.2. The summed E-state index contributed by atoms with van der Waals surface area (Å²) in [5, 5.41) is 0. The summed E-state index contributed by atoms with van der Waals surface area (Å²) >= 11 is 0. The number of aromatic amines is 1. The van der Waals surface area contributed by atoms with Gasteiger partial charge in [0.25, 0.3) is 5.56 Å². The van der Waals surface area contributed by atoms with E-state index in [1.807, 2.05) is 31.2 Å². The maximum Gasteiger partial charge on any atom is 0.328 e. The largest absolute Gasteiger partial charge is 0.328 e. The summed E-state index contributed by atoms with van der Waals surface area (Å²) in [6, 6.07) is 7.83. The molecule has 1 aromatic heterocycles. The molecule has 3 rings (SSSR count). The Morgan fingerprint density at radius 2 is 2.05 bits per heavy atom. The number of aromatic nitrogens is 2. The van der Waals surface area contributed by atoms with Crippen LogP contribution in [-0.2, 0) is 17.8 Å². The van der Waals surface area contributed by atoms with E-state index < -0.39 is 11.2 Å². The number of carbonyl (C=O) groups is 1. The second-order valence-electron chi connectivity index (χ2n) is 5.64. The normalized spacial score (nSPS) is 16.6. The van der Waals surface area contributed by atoms with E-state index in [1.54, 1.807) is 11.8 Å². The van der Waals surface area contributed by atoms with Crippen LogP contribution in [0.3, 0.4) is 0 Å². The maximum absolute atomic E-state index is 12.6. The van der Waals surface area contributed by atoms with E-state index in [-0.39, 0.29) is 18.5 Å². The molecule has 0 saturated carbocycles. The van der Waals surface area contributed by atoms with Crippen LogP contribution >= 0.6 is 0 Å². The second-order valence-corrected chi connectivity index (χ2v) is 5.64. The average molecular weight is 299 g/mol. The van der Waals surface area contributed by atoms with E-state index in [2.05, 4.69) is 4.98 Å². The van der Waals surface area contributed by atoms with Crippen molar-refractivity contribution < 1.29 is 4.79 Å². The number of amides is 1. The Kier molecular flexibility index (Phi) is 3.44. The van der Waals surface area contributed by atoms with Crippen molar-refractivity contribution in [3.63, 3.8) is 0 Å². The molecule has 0 fully saturated rings. The van der Waals surface area contributed by atoms with Gasteiger partial charge in [0.05, 0.1) is 0 Å². The number of anilines is 1. The molecule has 1 aliphatic heterocycles. The average Bonchev–Trinajstić information content (AvgIpc) is 2.80. The smallest absolute Gasteiger partial charge is 0.307 e. The molecule has 1 N–H and O–H groups in total. The number of nitrogens with one attached hydrogen (secondary N) is 1. The predicted molar refractivity (Wildman–Crippen MR) is 83.2 cm³/mol. The van der Waals surface area contributed by atoms with Crippen molar-refractivity contribution in [3.05, 3.63) is 62.4 Å². The van der Waals surface area contributed by atoms with Crippen LogP contribution in [0.2, 0.25) is 0 Å². The number of hydrogen-bond donors (Lipinski definition) is 1. The minimum absolute atomic E-state index is 0.0597. The molecule has 0 unspecified atom stereocenters.